The van der Waals surface area contributed by atoms with Crippen molar-refractivity contribution in [1.29, 1.82) is 0 Å². The Morgan fingerprint density at radius 2 is 1.77 bits per heavy atom. The lowest BCUT2D eigenvalue weighted by atomic mass is 9.86. The maximum atomic E-state index is 6.16. The van der Waals surface area contributed by atoms with Crippen LogP contribution in [-0.2, 0) is 0 Å². The van der Waals surface area contributed by atoms with Crippen LogP contribution < -0.4 is 10.5 Å². The van der Waals surface area contributed by atoms with E-state index in [1.807, 2.05) is 65.9 Å². The minimum atomic E-state index is 0.144. The van der Waals surface area contributed by atoms with Crippen LogP contribution in [0.3, 0.4) is 0 Å². The highest BCUT2D eigenvalue weighted by Crippen LogP contribution is 2.31. The van der Waals surface area contributed by atoms with E-state index in [4.69, 9.17) is 31.6 Å². The molecule has 35 heavy (non-hydrogen) atoms. The highest BCUT2D eigenvalue weighted by Gasteiger charge is 2.28. The van der Waals surface area contributed by atoms with Crippen molar-refractivity contribution in [2.75, 3.05) is 19.9 Å². The Kier molecular flexibility index (Phi) is 8.74. The predicted molar refractivity (Wildman–Crippen MR) is 150 cm³/mol. The maximum absolute atomic E-state index is 6.16. The van der Waals surface area contributed by atoms with Gasteiger partial charge >= 0.3 is 0 Å². The highest BCUT2D eigenvalue weighted by atomic mass is 35.5. The molecule has 3 aromatic carbocycles. The van der Waals surface area contributed by atoms with Crippen LogP contribution in [0, 0.1) is 0 Å². The van der Waals surface area contributed by atoms with E-state index in [1.54, 1.807) is 7.11 Å². The summed E-state index contributed by atoms with van der Waals surface area (Å²) in [6, 6.07) is 25.9. The molecule has 0 aromatic heterocycles. The quantitative estimate of drug-likeness (QED) is 0.242. The zero-order valence-corrected chi connectivity index (χ0v) is 21.9. The number of hydrogen-bond donors (Lipinski definition) is 1. The molecule has 0 saturated carbocycles. The lowest BCUT2D eigenvalue weighted by molar-refractivity contribution is 0.400. The van der Waals surface area contributed by atoms with Gasteiger partial charge in [-0.05, 0) is 60.2 Å². The van der Waals surface area contributed by atoms with Crippen LogP contribution in [0.2, 0.25) is 5.02 Å². The summed E-state index contributed by atoms with van der Waals surface area (Å²) < 4.78 is 9.95. The number of ether oxygens (including phenoxy) is 1. The summed E-state index contributed by atoms with van der Waals surface area (Å²) in [5.41, 5.74) is 9.26. The molecule has 2 N–H and O–H groups in total. The van der Waals surface area contributed by atoms with E-state index in [0.29, 0.717) is 22.7 Å². The van der Waals surface area contributed by atoms with E-state index < -0.39 is 0 Å². The molecule has 1 heterocycles. The third-order valence-corrected chi connectivity index (χ3v) is 6.97. The van der Waals surface area contributed by atoms with Crippen molar-refractivity contribution < 1.29 is 4.74 Å². The van der Waals surface area contributed by atoms with Gasteiger partial charge in [0.05, 0.1) is 12.8 Å². The molecule has 0 aliphatic carbocycles. The summed E-state index contributed by atoms with van der Waals surface area (Å²) in [6.45, 7) is 0.657. The van der Waals surface area contributed by atoms with Crippen LogP contribution in [0.1, 0.15) is 23.5 Å². The standard InChI is InChI=1S/C26H26ClN5OS2/c1-33-21-12-14-22(15-13-21)35-31-26(29-25(28)34-2)32-17-16-23(18-6-4-3-5-7-18)24(30-32)19-8-10-20(27)11-9-19/h3-15,23H,16-17H2,1-2H3,(H2,28,29,31). The molecule has 0 spiro atoms. The molecule has 4 rings (SSSR count). The molecule has 0 saturated heterocycles. The number of thioether (sulfide) groups is 1. The Morgan fingerprint density at radius 3 is 2.43 bits per heavy atom. The first-order valence-electron chi connectivity index (χ1n) is 11.0. The summed E-state index contributed by atoms with van der Waals surface area (Å²) in [5, 5.41) is 7.99. The number of amidine groups is 1. The van der Waals surface area contributed by atoms with Crippen molar-refractivity contribution in [2.45, 2.75) is 17.2 Å². The summed E-state index contributed by atoms with van der Waals surface area (Å²) in [7, 11) is 1.65. The lowest BCUT2D eigenvalue weighted by Crippen LogP contribution is -2.35. The van der Waals surface area contributed by atoms with Crippen molar-refractivity contribution in [3.63, 3.8) is 0 Å². The lowest BCUT2D eigenvalue weighted by Gasteiger charge is -2.30. The van der Waals surface area contributed by atoms with Gasteiger partial charge in [0.25, 0.3) is 5.96 Å². The molecule has 9 heteroatoms. The van der Waals surface area contributed by atoms with Crippen LogP contribution >= 0.6 is 35.3 Å². The number of methoxy groups -OCH3 is 1. The number of guanidine groups is 1. The van der Waals surface area contributed by atoms with Crippen molar-refractivity contribution in [3.05, 3.63) is 95.0 Å². The molecule has 1 atom stereocenters. The van der Waals surface area contributed by atoms with Crippen LogP contribution in [0.25, 0.3) is 0 Å². The molecule has 1 unspecified atom stereocenters. The molecular weight excluding hydrogens is 498 g/mol. The molecule has 0 bridgehead atoms. The van der Waals surface area contributed by atoms with Gasteiger partial charge in [0.1, 0.15) is 5.75 Å². The van der Waals surface area contributed by atoms with Gasteiger partial charge in [0.2, 0.25) is 0 Å². The van der Waals surface area contributed by atoms with Crippen LogP contribution in [-0.4, -0.2) is 41.8 Å². The highest BCUT2D eigenvalue weighted by molar-refractivity contribution is 8.13. The molecule has 3 aromatic rings. The topological polar surface area (TPSA) is 75.6 Å². The SMILES string of the molecule is COc1ccc(S/N=C(/N=C(/N)SC)N2CCC(c3ccccc3)C(c3ccc(Cl)cc3)=N2)cc1. The van der Waals surface area contributed by atoms with Gasteiger partial charge in [0, 0.05) is 34.3 Å². The Morgan fingerprint density at radius 1 is 1.06 bits per heavy atom. The summed E-state index contributed by atoms with van der Waals surface area (Å²) in [6.07, 6.45) is 2.74. The van der Waals surface area contributed by atoms with Gasteiger partial charge in [-0.25, -0.2) is 5.01 Å². The number of hydrazone groups is 1. The van der Waals surface area contributed by atoms with E-state index in [9.17, 15) is 0 Å². The average Bonchev–Trinajstić information content (AvgIpc) is 2.91. The molecule has 0 radical (unpaired) electrons. The fourth-order valence-electron chi connectivity index (χ4n) is 3.67. The molecule has 6 nitrogen and oxygen atoms in total. The first-order chi connectivity index (χ1) is 17.1. The first-order valence-corrected chi connectivity index (χ1v) is 13.4. The Hall–Kier alpha value is -2.94. The van der Waals surface area contributed by atoms with Gasteiger partial charge in [-0.3, -0.25) is 0 Å². The molecule has 0 amide bonds. The smallest absolute Gasteiger partial charge is 0.255 e. The second kappa shape index (κ2) is 12.2. The number of aliphatic imine (C=N–C) groups is 1. The van der Waals surface area contributed by atoms with Crippen LogP contribution in [0.5, 0.6) is 5.75 Å². The molecule has 180 valence electrons. The first kappa shape index (κ1) is 25.2. The van der Waals surface area contributed by atoms with Gasteiger partial charge in [-0.1, -0.05) is 65.8 Å². The molecular formula is C26H26ClN5OS2. The summed E-state index contributed by atoms with van der Waals surface area (Å²) >= 11 is 8.85. The summed E-state index contributed by atoms with van der Waals surface area (Å²) in [4.78, 5) is 5.53. The van der Waals surface area contributed by atoms with Crippen molar-refractivity contribution in [2.24, 2.45) is 20.2 Å². The minimum absolute atomic E-state index is 0.144. The van der Waals surface area contributed by atoms with Gasteiger partial charge in [0.15, 0.2) is 5.17 Å². The van der Waals surface area contributed by atoms with Gasteiger partial charge in [-0.15, -0.1) is 0 Å². The Bertz CT molecular complexity index is 1210. The molecule has 0 fully saturated rings. The predicted octanol–water partition coefficient (Wildman–Crippen LogP) is 6.28. The molecule has 1 aliphatic heterocycles. The monoisotopic (exact) mass is 523 g/mol. The maximum Gasteiger partial charge on any atom is 0.255 e. The number of hydrogen-bond acceptors (Lipinski definition) is 5. The largest absolute Gasteiger partial charge is 0.497 e. The fraction of sp³-hybridized carbons (Fsp3) is 0.192. The minimum Gasteiger partial charge on any atom is -0.497 e. The number of halogens is 1. The van der Waals surface area contributed by atoms with E-state index in [0.717, 1.165) is 28.3 Å². The summed E-state index contributed by atoms with van der Waals surface area (Å²) in [5.74, 6) is 1.39. The normalized spacial score (nSPS) is 16.7. The number of nitrogens with two attached hydrogens (primary N) is 1. The van der Waals surface area contributed by atoms with E-state index in [2.05, 4.69) is 29.3 Å². The van der Waals surface area contributed by atoms with Gasteiger partial charge < -0.3 is 10.5 Å². The number of nitrogens with zero attached hydrogens (tertiary/aromatic N) is 4. The van der Waals surface area contributed by atoms with E-state index in [1.165, 1.54) is 29.3 Å². The van der Waals surface area contributed by atoms with Crippen molar-refractivity contribution in [3.8, 4) is 5.75 Å². The van der Waals surface area contributed by atoms with Crippen LogP contribution in [0.4, 0.5) is 0 Å². The number of rotatable bonds is 5. The Balaban J connectivity index is 1.71. The second-order valence-electron chi connectivity index (χ2n) is 7.68. The zero-order chi connectivity index (χ0) is 24.6. The van der Waals surface area contributed by atoms with E-state index in [-0.39, 0.29) is 5.92 Å². The molecule has 1 aliphatic rings. The van der Waals surface area contributed by atoms with E-state index >= 15 is 0 Å². The van der Waals surface area contributed by atoms with Crippen molar-refractivity contribution >= 4 is 52.1 Å². The van der Waals surface area contributed by atoms with Gasteiger partial charge in [-0.2, -0.15) is 14.5 Å². The van der Waals surface area contributed by atoms with Crippen LogP contribution in [0.15, 0.2) is 98.2 Å². The third kappa shape index (κ3) is 6.60. The zero-order valence-electron chi connectivity index (χ0n) is 19.5. The second-order valence-corrected chi connectivity index (χ2v) is 9.78. The van der Waals surface area contributed by atoms with Crippen molar-refractivity contribution in [1.82, 2.24) is 5.01 Å². The third-order valence-electron chi connectivity index (χ3n) is 5.47. The number of benzene rings is 3. The fourth-order valence-corrected chi connectivity index (χ4v) is 4.55. The average molecular weight is 524 g/mol. The Labute approximate surface area is 219 Å².